The molecule has 0 spiro atoms. The van der Waals surface area contributed by atoms with Gasteiger partial charge in [0.1, 0.15) is 12.7 Å². The molecular weight excluding hydrogens is 236 g/mol. The second-order valence-corrected chi connectivity index (χ2v) is 4.42. The normalized spacial score (nSPS) is 12.6. The Morgan fingerprint density at radius 1 is 1.47 bits per heavy atom. The zero-order valence-corrected chi connectivity index (χ0v) is 10.4. The number of aromatic nitrogens is 3. The third-order valence-corrected chi connectivity index (χ3v) is 2.95. The van der Waals surface area contributed by atoms with E-state index in [1.54, 1.807) is 11.0 Å². The van der Waals surface area contributed by atoms with Gasteiger partial charge in [-0.2, -0.15) is 5.10 Å². The van der Waals surface area contributed by atoms with Gasteiger partial charge < -0.3 is 5.73 Å². The van der Waals surface area contributed by atoms with E-state index in [1.165, 1.54) is 6.33 Å². The molecule has 5 heteroatoms. The van der Waals surface area contributed by atoms with Crippen molar-refractivity contribution < 1.29 is 0 Å². The van der Waals surface area contributed by atoms with Crippen LogP contribution in [0.1, 0.15) is 18.9 Å². The van der Waals surface area contributed by atoms with E-state index >= 15 is 0 Å². The van der Waals surface area contributed by atoms with Gasteiger partial charge in [0.25, 0.3) is 0 Å². The molecule has 17 heavy (non-hydrogen) atoms. The number of rotatable bonds is 4. The lowest BCUT2D eigenvalue weighted by Gasteiger charge is -2.13. The summed E-state index contributed by atoms with van der Waals surface area (Å²) in [5, 5.41) is 4.81. The summed E-state index contributed by atoms with van der Waals surface area (Å²) in [5.41, 5.74) is 8.06. The fourth-order valence-corrected chi connectivity index (χ4v) is 1.85. The molecule has 0 aliphatic rings. The largest absolute Gasteiger partial charge is 0.327 e. The first-order valence-corrected chi connectivity index (χ1v) is 5.97. The molecule has 0 radical (unpaired) electrons. The van der Waals surface area contributed by atoms with Gasteiger partial charge in [0.05, 0.1) is 5.69 Å². The van der Waals surface area contributed by atoms with E-state index in [0.717, 1.165) is 24.1 Å². The highest BCUT2D eigenvalue weighted by Gasteiger charge is 2.09. The molecule has 4 nitrogen and oxygen atoms in total. The van der Waals surface area contributed by atoms with E-state index in [0.29, 0.717) is 5.02 Å². The predicted molar refractivity (Wildman–Crippen MR) is 68.3 cm³/mol. The smallest absolute Gasteiger partial charge is 0.138 e. The molecule has 1 aromatic carbocycles. The highest BCUT2D eigenvalue weighted by molar-refractivity contribution is 6.30. The first-order valence-electron chi connectivity index (χ1n) is 5.59. The lowest BCUT2D eigenvalue weighted by molar-refractivity contribution is 0.642. The van der Waals surface area contributed by atoms with E-state index in [2.05, 4.69) is 17.0 Å². The molecule has 0 aliphatic carbocycles. The van der Waals surface area contributed by atoms with Gasteiger partial charge in [0, 0.05) is 11.1 Å². The van der Waals surface area contributed by atoms with Crippen molar-refractivity contribution in [2.75, 3.05) is 0 Å². The van der Waals surface area contributed by atoms with Crippen LogP contribution in [0.3, 0.4) is 0 Å². The number of benzene rings is 1. The first kappa shape index (κ1) is 12.1. The summed E-state index contributed by atoms with van der Waals surface area (Å²) in [4.78, 5) is 3.95. The molecule has 0 bridgehead atoms. The molecule has 1 aromatic heterocycles. The lowest BCUT2D eigenvalue weighted by Crippen LogP contribution is -2.22. The Balaban J connectivity index is 2.38. The minimum atomic E-state index is 0.151. The first-order chi connectivity index (χ1) is 8.20. The van der Waals surface area contributed by atoms with Crippen LogP contribution in [0.5, 0.6) is 0 Å². The summed E-state index contributed by atoms with van der Waals surface area (Å²) in [6, 6.07) is 5.90. The van der Waals surface area contributed by atoms with Gasteiger partial charge in [-0.25, -0.2) is 9.67 Å². The summed E-state index contributed by atoms with van der Waals surface area (Å²) >= 11 is 6.01. The maximum Gasteiger partial charge on any atom is 0.138 e. The maximum absolute atomic E-state index is 6.01. The fourth-order valence-electron chi connectivity index (χ4n) is 1.68. The monoisotopic (exact) mass is 250 g/mol. The number of hydrogen-bond donors (Lipinski definition) is 1. The second-order valence-electron chi connectivity index (χ2n) is 3.99. The number of halogens is 1. The summed E-state index contributed by atoms with van der Waals surface area (Å²) in [6.07, 6.45) is 4.92. The number of nitrogens with zero attached hydrogens (tertiary/aromatic N) is 3. The van der Waals surface area contributed by atoms with Crippen molar-refractivity contribution in [1.29, 1.82) is 0 Å². The van der Waals surface area contributed by atoms with Crippen molar-refractivity contribution in [2.45, 2.75) is 25.8 Å². The molecule has 0 aliphatic heterocycles. The van der Waals surface area contributed by atoms with Crippen molar-refractivity contribution in [3.63, 3.8) is 0 Å². The molecule has 2 aromatic rings. The van der Waals surface area contributed by atoms with Crippen LogP contribution in [0, 0.1) is 0 Å². The molecule has 1 atom stereocenters. The van der Waals surface area contributed by atoms with Crippen molar-refractivity contribution in [3.8, 4) is 5.69 Å². The molecule has 1 heterocycles. The molecule has 2 rings (SSSR count). The number of nitrogens with two attached hydrogens (primary N) is 1. The molecule has 90 valence electrons. The third-order valence-electron chi connectivity index (χ3n) is 2.72. The zero-order chi connectivity index (χ0) is 12.3. The van der Waals surface area contributed by atoms with Crippen LogP contribution in [-0.2, 0) is 6.42 Å². The molecule has 0 fully saturated rings. The van der Waals surface area contributed by atoms with Gasteiger partial charge in [-0.15, -0.1) is 0 Å². The minimum Gasteiger partial charge on any atom is -0.327 e. The van der Waals surface area contributed by atoms with Gasteiger partial charge in [0.15, 0.2) is 0 Å². The Labute approximate surface area is 105 Å². The van der Waals surface area contributed by atoms with E-state index in [-0.39, 0.29) is 6.04 Å². The van der Waals surface area contributed by atoms with Crippen LogP contribution in [0.15, 0.2) is 30.9 Å². The van der Waals surface area contributed by atoms with Gasteiger partial charge in [-0.1, -0.05) is 24.6 Å². The van der Waals surface area contributed by atoms with E-state index < -0.39 is 0 Å². The fraction of sp³-hybridized carbons (Fsp3) is 0.333. The quantitative estimate of drug-likeness (QED) is 0.905. The Morgan fingerprint density at radius 3 is 2.94 bits per heavy atom. The predicted octanol–water partition coefficient (Wildman–Crippen LogP) is 2.20. The molecular formula is C12H15ClN4. The highest BCUT2D eigenvalue weighted by atomic mass is 35.5. The van der Waals surface area contributed by atoms with Crippen LogP contribution >= 0.6 is 11.6 Å². The second kappa shape index (κ2) is 5.29. The molecule has 0 saturated carbocycles. The minimum absolute atomic E-state index is 0.151. The van der Waals surface area contributed by atoms with Crippen LogP contribution in [0.4, 0.5) is 0 Å². The van der Waals surface area contributed by atoms with Crippen molar-refractivity contribution >= 4 is 11.6 Å². The Hall–Kier alpha value is -1.39. The van der Waals surface area contributed by atoms with Crippen molar-refractivity contribution in [1.82, 2.24) is 14.8 Å². The summed E-state index contributed by atoms with van der Waals surface area (Å²) in [6.45, 7) is 2.08. The topological polar surface area (TPSA) is 56.7 Å². The van der Waals surface area contributed by atoms with Crippen LogP contribution in [-0.4, -0.2) is 20.8 Å². The summed E-state index contributed by atoms with van der Waals surface area (Å²) < 4.78 is 1.71. The van der Waals surface area contributed by atoms with Gasteiger partial charge >= 0.3 is 0 Å². The van der Waals surface area contributed by atoms with E-state index in [4.69, 9.17) is 17.3 Å². The average molecular weight is 251 g/mol. The zero-order valence-electron chi connectivity index (χ0n) is 9.68. The van der Waals surface area contributed by atoms with Gasteiger partial charge in [-0.05, 0) is 30.5 Å². The standard InChI is InChI=1S/C12H15ClN4/c1-2-11(14)5-9-3-4-10(13)6-12(9)17-8-15-7-16-17/h3-4,6-8,11H,2,5,14H2,1H3. The van der Waals surface area contributed by atoms with Gasteiger partial charge in [0.2, 0.25) is 0 Å². The summed E-state index contributed by atoms with van der Waals surface area (Å²) in [7, 11) is 0. The third kappa shape index (κ3) is 2.84. The average Bonchev–Trinajstić information content (AvgIpc) is 2.84. The summed E-state index contributed by atoms with van der Waals surface area (Å²) in [5.74, 6) is 0. The van der Waals surface area contributed by atoms with Crippen molar-refractivity contribution in [3.05, 3.63) is 41.4 Å². The molecule has 0 amide bonds. The lowest BCUT2D eigenvalue weighted by atomic mass is 10.0. The van der Waals surface area contributed by atoms with E-state index in [1.807, 2.05) is 18.2 Å². The maximum atomic E-state index is 6.01. The Bertz CT molecular complexity index is 481. The van der Waals surface area contributed by atoms with Crippen LogP contribution in [0.2, 0.25) is 5.02 Å². The van der Waals surface area contributed by atoms with Crippen molar-refractivity contribution in [2.24, 2.45) is 5.73 Å². The van der Waals surface area contributed by atoms with E-state index in [9.17, 15) is 0 Å². The van der Waals surface area contributed by atoms with Crippen LogP contribution in [0.25, 0.3) is 5.69 Å². The molecule has 2 N–H and O–H groups in total. The van der Waals surface area contributed by atoms with Gasteiger partial charge in [-0.3, -0.25) is 0 Å². The number of hydrogen-bond acceptors (Lipinski definition) is 3. The van der Waals surface area contributed by atoms with Crippen LogP contribution < -0.4 is 5.73 Å². The Morgan fingerprint density at radius 2 is 2.29 bits per heavy atom. The molecule has 0 saturated heterocycles. The SMILES string of the molecule is CCC(N)Cc1ccc(Cl)cc1-n1cncn1. The molecule has 1 unspecified atom stereocenters. The highest BCUT2D eigenvalue weighted by Crippen LogP contribution is 2.20. The Kier molecular flexibility index (Phi) is 3.76.